The van der Waals surface area contributed by atoms with E-state index in [9.17, 15) is 5.26 Å². The molecule has 0 bridgehead atoms. The van der Waals surface area contributed by atoms with Crippen molar-refractivity contribution in [3.63, 3.8) is 0 Å². The number of para-hydroxylation sites is 1. The maximum Gasteiger partial charge on any atom is 0.102 e. The van der Waals surface area contributed by atoms with Crippen LogP contribution < -0.4 is 9.80 Å². The lowest BCUT2D eigenvalue weighted by Gasteiger charge is -2.39. The standard InChI is InChI=1S/C37H33N3/c1-28-35(30-16-8-3-9-17-30)36(31-18-10-4-11-19-31)33(26-29-14-6-2-7-15-29)34(27-38)37(28)40-24-22-39(23-25-40)32-20-12-5-13-21-32/h2-21H,22-26H2,1H3. The second-order valence-corrected chi connectivity index (χ2v) is 10.4. The highest BCUT2D eigenvalue weighted by atomic mass is 15.3. The van der Waals surface area contributed by atoms with Gasteiger partial charge in [-0.25, -0.2) is 0 Å². The van der Waals surface area contributed by atoms with Gasteiger partial charge in [0.15, 0.2) is 0 Å². The van der Waals surface area contributed by atoms with Gasteiger partial charge in [-0.15, -0.1) is 0 Å². The fourth-order valence-electron chi connectivity index (χ4n) is 6.12. The fraction of sp³-hybridized carbons (Fsp3) is 0.162. The van der Waals surface area contributed by atoms with Gasteiger partial charge < -0.3 is 9.80 Å². The molecule has 6 rings (SSSR count). The lowest BCUT2D eigenvalue weighted by molar-refractivity contribution is 0.651. The molecule has 5 aromatic rings. The molecule has 40 heavy (non-hydrogen) atoms. The van der Waals surface area contributed by atoms with E-state index in [-0.39, 0.29) is 0 Å². The van der Waals surface area contributed by atoms with E-state index in [1.165, 1.54) is 27.9 Å². The predicted molar refractivity (Wildman–Crippen MR) is 167 cm³/mol. The third kappa shape index (κ3) is 4.97. The molecular weight excluding hydrogens is 486 g/mol. The van der Waals surface area contributed by atoms with Crippen molar-refractivity contribution in [3.05, 3.63) is 144 Å². The van der Waals surface area contributed by atoms with Gasteiger partial charge in [-0.2, -0.15) is 5.26 Å². The van der Waals surface area contributed by atoms with Crippen LogP contribution >= 0.6 is 0 Å². The van der Waals surface area contributed by atoms with Crippen molar-refractivity contribution in [2.75, 3.05) is 36.0 Å². The first kappa shape index (κ1) is 25.5. The molecule has 3 nitrogen and oxygen atoms in total. The van der Waals surface area contributed by atoms with Crippen molar-refractivity contribution in [2.45, 2.75) is 13.3 Å². The van der Waals surface area contributed by atoms with E-state index in [1.807, 2.05) is 0 Å². The lowest BCUT2D eigenvalue weighted by atomic mass is 9.81. The Morgan fingerprint density at radius 3 is 1.62 bits per heavy atom. The first-order chi connectivity index (χ1) is 19.7. The van der Waals surface area contributed by atoms with Crippen LogP contribution in [-0.4, -0.2) is 26.2 Å². The molecule has 1 saturated heterocycles. The molecule has 0 radical (unpaired) electrons. The quantitative estimate of drug-likeness (QED) is 0.227. The summed E-state index contributed by atoms with van der Waals surface area (Å²) in [6, 6.07) is 45.1. The molecule has 1 aliphatic rings. The molecule has 0 unspecified atom stereocenters. The van der Waals surface area contributed by atoms with Gasteiger partial charge in [0.1, 0.15) is 6.07 Å². The first-order valence-corrected chi connectivity index (χ1v) is 14.0. The average Bonchev–Trinajstić information content (AvgIpc) is 3.03. The Morgan fingerprint density at radius 2 is 1.07 bits per heavy atom. The Hall–Kier alpha value is -4.81. The SMILES string of the molecule is Cc1c(-c2ccccc2)c(-c2ccccc2)c(Cc2ccccc2)c(C#N)c1N1CCN(c2ccccc2)CC1. The summed E-state index contributed by atoms with van der Waals surface area (Å²) in [6.45, 7) is 5.79. The van der Waals surface area contributed by atoms with Gasteiger partial charge in [-0.3, -0.25) is 0 Å². The summed E-state index contributed by atoms with van der Waals surface area (Å²) < 4.78 is 0. The van der Waals surface area contributed by atoms with E-state index in [0.717, 1.165) is 54.1 Å². The summed E-state index contributed by atoms with van der Waals surface area (Å²) in [7, 11) is 0. The van der Waals surface area contributed by atoms with Gasteiger partial charge in [-0.1, -0.05) is 109 Å². The molecule has 1 heterocycles. The zero-order valence-corrected chi connectivity index (χ0v) is 22.9. The molecule has 1 aliphatic heterocycles. The van der Waals surface area contributed by atoms with Gasteiger partial charge in [0, 0.05) is 31.9 Å². The minimum absolute atomic E-state index is 0.699. The van der Waals surface area contributed by atoms with Crippen LogP contribution in [0.4, 0.5) is 11.4 Å². The highest BCUT2D eigenvalue weighted by Gasteiger charge is 2.28. The molecular formula is C37H33N3. The number of nitrogens with zero attached hydrogens (tertiary/aromatic N) is 3. The number of anilines is 2. The summed E-state index contributed by atoms with van der Waals surface area (Å²) in [5.74, 6) is 0. The molecule has 5 aromatic carbocycles. The maximum absolute atomic E-state index is 10.8. The number of hydrogen-bond acceptors (Lipinski definition) is 3. The predicted octanol–water partition coefficient (Wildman–Crippen LogP) is 8.12. The van der Waals surface area contributed by atoms with Crippen LogP contribution in [0.3, 0.4) is 0 Å². The topological polar surface area (TPSA) is 30.3 Å². The highest BCUT2D eigenvalue weighted by Crippen LogP contribution is 2.45. The number of nitriles is 1. The Morgan fingerprint density at radius 1 is 0.600 bits per heavy atom. The van der Waals surface area contributed by atoms with Gasteiger partial charge in [0.05, 0.1) is 11.3 Å². The van der Waals surface area contributed by atoms with Gasteiger partial charge in [0.25, 0.3) is 0 Å². The Bertz CT molecular complexity index is 1610. The Kier molecular flexibility index (Phi) is 7.33. The zero-order valence-electron chi connectivity index (χ0n) is 22.9. The monoisotopic (exact) mass is 519 g/mol. The minimum Gasteiger partial charge on any atom is -0.368 e. The van der Waals surface area contributed by atoms with Crippen LogP contribution in [0, 0.1) is 18.3 Å². The average molecular weight is 520 g/mol. The van der Waals surface area contributed by atoms with Gasteiger partial charge >= 0.3 is 0 Å². The summed E-state index contributed by atoms with van der Waals surface area (Å²) in [5, 5.41) is 10.8. The molecule has 0 atom stereocenters. The second-order valence-electron chi connectivity index (χ2n) is 10.4. The molecule has 0 aromatic heterocycles. The van der Waals surface area contributed by atoms with Crippen molar-refractivity contribution in [1.29, 1.82) is 5.26 Å². The van der Waals surface area contributed by atoms with Crippen LogP contribution in [-0.2, 0) is 6.42 Å². The molecule has 0 spiro atoms. The summed E-state index contributed by atoms with van der Waals surface area (Å²) in [5.41, 5.74) is 11.3. The molecule has 0 saturated carbocycles. The van der Waals surface area contributed by atoms with E-state index in [4.69, 9.17) is 0 Å². The summed E-state index contributed by atoms with van der Waals surface area (Å²) in [6.07, 6.45) is 0.699. The van der Waals surface area contributed by atoms with Crippen molar-refractivity contribution < 1.29 is 0 Å². The van der Waals surface area contributed by atoms with E-state index >= 15 is 0 Å². The minimum atomic E-state index is 0.699. The van der Waals surface area contributed by atoms with E-state index in [1.54, 1.807) is 0 Å². The molecule has 0 amide bonds. The maximum atomic E-state index is 10.8. The molecule has 1 fully saturated rings. The first-order valence-electron chi connectivity index (χ1n) is 14.0. The molecule has 196 valence electrons. The van der Waals surface area contributed by atoms with Crippen LogP contribution in [0.1, 0.15) is 22.3 Å². The molecule has 0 N–H and O–H groups in total. The van der Waals surface area contributed by atoms with Crippen molar-refractivity contribution in [2.24, 2.45) is 0 Å². The summed E-state index contributed by atoms with van der Waals surface area (Å²) >= 11 is 0. The van der Waals surface area contributed by atoms with Crippen molar-refractivity contribution in [1.82, 2.24) is 0 Å². The lowest BCUT2D eigenvalue weighted by Crippen LogP contribution is -2.47. The molecule has 3 heteroatoms. The number of hydrogen-bond donors (Lipinski definition) is 0. The number of benzene rings is 5. The van der Waals surface area contributed by atoms with Crippen LogP contribution in [0.15, 0.2) is 121 Å². The van der Waals surface area contributed by atoms with Crippen LogP contribution in [0.5, 0.6) is 0 Å². The molecule has 0 aliphatic carbocycles. The number of piperazine rings is 1. The third-order valence-corrected chi connectivity index (χ3v) is 8.00. The summed E-state index contributed by atoms with van der Waals surface area (Å²) in [4.78, 5) is 4.89. The fourth-order valence-corrected chi connectivity index (χ4v) is 6.12. The third-order valence-electron chi connectivity index (χ3n) is 8.00. The van der Waals surface area contributed by atoms with Crippen LogP contribution in [0.2, 0.25) is 0 Å². The van der Waals surface area contributed by atoms with E-state index < -0.39 is 0 Å². The smallest absolute Gasteiger partial charge is 0.102 e. The zero-order chi connectivity index (χ0) is 27.3. The van der Waals surface area contributed by atoms with E-state index in [2.05, 4.69) is 144 Å². The van der Waals surface area contributed by atoms with Gasteiger partial charge in [0.2, 0.25) is 0 Å². The van der Waals surface area contributed by atoms with E-state index in [0.29, 0.717) is 6.42 Å². The second kappa shape index (κ2) is 11.5. The number of rotatable bonds is 6. The van der Waals surface area contributed by atoms with Crippen molar-refractivity contribution in [3.8, 4) is 28.3 Å². The van der Waals surface area contributed by atoms with Crippen molar-refractivity contribution >= 4 is 11.4 Å². The van der Waals surface area contributed by atoms with Crippen LogP contribution in [0.25, 0.3) is 22.3 Å². The largest absolute Gasteiger partial charge is 0.368 e. The normalized spacial score (nSPS) is 13.2. The highest BCUT2D eigenvalue weighted by molar-refractivity contribution is 5.94. The van der Waals surface area contributed by atoms with Gasteiger partial charge in [-0.05, 0) is 64.4 Å². The Labute approximate surface area is 237 Å². The Balaban J connectivity index is 1.55.